The number of rotatable bonds is 8. The minimum absolute atomic E-state index is 0.154. The van der Waals surface area contributed by atoms with Crippen LogP contribution in [0.3, 0.4) is 0 Å². The van der Waals surface area contributed by atoms with Crippen LogP contribution in [0.4, 0.5) is 5.69 Å². The van der Waals surface area contributed by atoms with E-state index in [1.807, 2.05) is 13.8 Å². The van der Waals surface area contributed by atoms with Gasteiger partial charge in [-0.2, -0.15) is 0 Å². The molecule has 4 rings (SSSR count). The first-order valence-corrected chi connectivity index (χ1v) is 17.4. The predicted molar refractivity (Wildman–Crippen MR) is 173 cm³/mol. The molecule has 0 spiro atoms. The number of thiophene rings is 1. The third kappa shape index (κ3) is 9.03. The molecule has 1 aliphatic heterocycles. The van der Waals surface area contributed by atoms with Gasteiger partial charge in [0, 0.05) is 56.3 Å². The SMILES string of the molecule is C[C@@H]1CCCCO[C@@H](CN(C)C(=O)c2ccncc2)[C@H](C)CN([C@@H](C)CO)C(=O)c2cc(NS(=O)(=O)c3cccs3)ccc2O1. The van der Waals surface area contributed by atoms with E-state index in [4.69, 9.17) is 9.47 Å². The van der Waals surface area contributed by atoms with Gasteiger partial charge in [-0.05, 0) is 74.9 Å². The quantitative estimate of drug-likeness (QED) is 0.361. The Hall–Kier alpha value is -3.52. The smallest absolute Gasteiger partial charge is 0.271 e. The van der Waals surface area contributed by atoms with E-state index >= 15 is 0 Å². The first-order valence-electron chi connectivity index (χ1n) is 15.1. The maximum atomic E-state index is 14.3. The average molecular weight is 659 g/mol. The monoisotopic (exact) mass is 658 g/mol. The van der Waals surface area contributed by atoms with Crippen molar-refractivity contribution in [1.82, 2.24) is 14.8 Å². The number of nitrogens with zero attached hydrogens (tertiary/aromatic N) is 3. The summed E-state index contributed by atoms with van der Waals surface area (Å²) in [5.74, 6) is -0.481. The van der Waals surface area contributed by atoms with Crippen molar-refractivity contribution in [1.29, 1.82) is 0 Å². The van der Waals surface area contributed by atoms with Crippen LogP contribution in [0.25, 0.3) is 0 Å². The molecule has 2 N–H and O–H groups in total. The topological polar surface area (TPSA) is 138 Å². The highest BCUT2D eigenvalue weighted by Crippen LogP contribution is 2.30. The van der Waals surface area contributed by atoms with Crippen LogP contribution < -0.4 is 9.46 Å². The number of likely N-dealkylation sites (N-methyl/N-ethyl adjacent to an activating group) is 1. The highest BCUT2D eigenvalue weighted by atomic mass is 32.2. The van der Waals surface area contributed by atoms with Gasteiger partial charge in [-0.25, -0.2) is 8.42 Å². The minimum atomic E-state index is -3.85. The van der Waals surface area contributed by atoms with Gasteiger partial charge in [-0.1, -0.05) is 13.0 Å². The van der Waals surface area contributed by atoms with E-state index in [-0.39, 0.29) is 46.5 Å². The Balaban J connectivity index is 1.65. The lowest BCUT2D eigenvalue weighted by molar-refractivity contribution is -0.0149. The van der Waals surface area contributed by atoms with Gasteiger partial charge in [0.2, 0.25) is 0 Å². The van der Waals surface area contributed by atoms with Gasteiger partial charge in [-0.15, -0.1) is 11.3 Å². The summed E-state index contributed by atoms with van der Waals surface area (Å²) in [6.45, 7) is 6.32. The number of benzene rings is 1. The molecule has 0 aliphatic carbocycles. The molecule has 0 fully saturated rings. The van der Waals surface area contributed by atoms with Gasteiger partial charge in [-0.3, -0.25) is 19.3 Å². The Morgan fingerprint density at radius 3 is 2.64 bits per heavy atom. The fourth-order valence-corrected chi connectivity index (χ4v) is 7.18. The summed E-state index contributed by atoms with van der Waals surface area (Å²) in [7, 11) is -2.13. The molecule has 0 saturated heterocycles. The number of aliphatic hydroxyl groups is 1. The second kappa shape index (κ2) is 15.7. The van der Waals surface area contributed by atoms with Crippen molar-refractivity contribution in [3.63, 3.8) is 0 Å². The molecule has 2 amide bonds. The van der Waals surface area contributed by atoms with E-state index in [9.17, 15) is 23.1 Å². The summed E-state index contributed by atoms with van der Waals surface area (Å²) < 4.78 is 41.2. The molecule has 244 valence electrons. The summed E-state index contributed by atoms with van der Waals surface area (Å²) in [6, 6.07) is 10.6. The summed E-state index contributed by atoms with van der Waals surface area (Å²) in [5.41, 5.74) is 0.915. The number of aliphatic hydroxyl groups excluding tert-OH is 1. The van der Waals surface area contributed by atoms with Crippen LogP contribution in [-0.4, -0.2) is 91.7 Å². The second-order valence-corrected chi connectivity index (χ2v) is 14.3. The zero-order chi connectivity index (χ0) is 32.6. The summed E-state index contributed by atoms with van der Waals surface area (Å²) in [6.07, 6.45) is 4.83. The largest absolute Gasteiger partial charge is 0.490 e. The van der Waals surface area contributed by atoms with Crippen LogP contribution in [-0.2, 0) is 14.8 Å². The number of pyridine rings is 1. The molecule has 0 saturated carbocycles. The Morgan fingerprint density at radius 2 is 1.96 bits per heavy atom. The number of hydrogen-bond acceptors (Lipinski definition) is 9. The predicted octanol–water partition coefficient (Wildman–Crippen LogP) is 4.51. The lowest BCUT2D eigenvalue weighted by atomic mass is 10.0. The van der Waals surface area contributed by atoms with Gasteiger partial charge in [0.1, 0.15) is 9.96 Å². The Labute approximate surface area is 269 Å². The fraction of sp³-hybridized carbons (Fsp3) is 0.469. The van der Waals surface area contributed by atoms with Gasteiger partial charge in [0.25, 0.3) is 21.8 Å². The molecular formula is C32H42N4O7S2. The van der Waals surface area contributed by atoms with Crippen molar-refractivity contribution in [3.8, 4) is 5.75 Å². The molecule has 2 aromatic heterocycles. The Morgan fingerprint density at radius 1 is 1.20 bits per heavy atom. The number of aromatic nitrogens is 1. The zero-order valence-corrected chi connectivity index (χ0v) is 27.7. The average Bonchev–Trinajstić information content (AvgIpc) is 3.59. The second-order valence-electron chi connectivity index (χ2n) is 11.5. The summed E-state index contributed by atoms with van der Waals surface area (Å²) in [5, 5.41) is 11.8. The van der Waals surface area contributed by atoms with E-state index in [2.05, 4.69) is 9.71 Å². The van der Waals surface area contributed by atoms with E-state index in [1.165, 1.54) is 12.1 Å². The molecule has 0 radical (unpaired) electrons. The van der Waals surface area contributed by atoms with Gasteiger partial charge in [0.05, 0.1) is 30.4 Å². The van der Waals surface area contributed by atoms with Gasteiger partial charge >= 0.3 is 0 Å². The van der Waals surface area contributed by atoms with Crippen LogP contribution in [0.5, 0.6) is 5.75 Å². The van der Waals surface area contributed by atoms with E-state index in [0.29, 0.717) is 30.9 Å². The normalized spacial score (nSPS) is 20.8. The number of anilines is 1. The van der Waals surface area contributed by atoms with Crippen molar-refractivity contribution in [2.75, 3.05) is 38.1 Å². The Bertz CT molecular complexity index is 1520. The number of carbonyl (C=O) groups excluding carboxylic acids is 2. The molecule has 1 aromatic carbocycles. The van der Waals surface area contributed by atoms with Crippen molar-refractivity contribution in [2.45, 2.75) is 62.5 Å². The number of ether oxygens (including phenoxy) is 2. The van der Waals surface area contributed by atoms with Gasteiger partial charge in [0.15, 0.2) is 0 Å². The number of fused-ring (bicyclic) bond motifs is 1. The zero-order valence-electron chi connectivity index (χ0n) is 26.1. The summed E-state index contributed by atoms with van der Waals surface area (Å²) in [4.78, 5) is 34.6. The van der Waals surface area contributed by atoms with Crippen LogP contribution in [0.1, 0.15) is 60.7 Å². The van der Waals surface area contributed by atoms with Crippen molar-refractivity contribution >= 4 is 38.9 Å². The standard InChI is InChI=1S/C32H42N4O7S2/c1-22-19-36(23(2)21-37)32(39)27-18-26(34-45(40,41)30-9-7-17-44-30)10-11-28(27)43-24(3)8-5-6-16-42-29(22)20-35(4)31(38)25-12-14-33-15-13-25/h7,9-15,17-18,22-24,29,34,37H,5-6,8,16,19-21H2,1-4H3/t22-,23+,24-,29+/m1/s1. The van der Waals surface area contributed by atoms with E-state index < -0.39 is 28.1 Å². The van der Waals surface area contributed by atoms with Crippen molar-refractivity contribution < 1.29 is 32.6 Å². The van der Waals surface area contributed by atoms with Crippen LogP contribution in [0.2, 0.25) is 0 Å². The molecular weight excluding hydrogens is 617 g/mol. The fourth-order valence-electron chi connectivity index (χ4n) is 5.14. The lowest BCUT2D eigenvalue weighted by Crippen LogP contribution is -2.48. The molecule has 1 aliphatic rings. The van der Waals surface area contributed by atoms with E-state index in [0.717, 1.165) is 24.2 Å². The molecule has 0 bridgehead atoms. The highest BCUT2D eigenvalue weighted by molar-refractivity contribution is 7.94. The molecule has 3 aromatic rings. The maximum Gasteiger partial charge on any atom is 0.271 e. The summed E-state index contributed by atoms with van der Waals surface area (Å²) >= 11 is 1.09. The lowest BCUT2D eigenvalue weighted by Gasteiger charge is -2.36. The first kappa shape index (κ1) is 34.4. The molecule has 0 unspecified atom stereocenters. The van der Waals surface area contributed by atoms with Crippen molar-refractivity contribution in [3.05, 3.63) is 71.4 Å². The molecule has 13 heteroatoms. The number of nitrogens with one attached hydrogen (secondary N) is 1. The van der Waals surface area contributed by atoms with Crippen molar-refractivity contribution in [2.24, 2.45) is 5.92 Å². The number of carbonyl (C=O) groups is 2. The number of sulfonamides is 1. The van der Waals surface area contributed by atoms with Crippen LogP contribution in [0, 0.1) is 5.92 Å². The number of hydrogen-bond donors (Lipinski definition) is 2. The third-order valence-electron chi connectivity index (χ3n) is 7.79. The molecule has 4 atom stereocenters. The van der Waals surface area contributed by atoms with Gasteiger partial charge < -0.3 is 24.4 Å². The van der Waals surface area contributed by atoms with Crippen LogP contribution in [0.15, 0.2) is 64.4 Å². The highest BCUT2D eigenvalue weighted by Gasteiger charge is 2.31. The Kier molecular flexibility index (Phi) is 12.0. The van der Waals surface area contributed by atoms with E-state index in [1.54, 1.807) is 71.9 Å². The maximum absolute atomic E-state index is 14.3. The van der Waals surface area contributed by atoms with Crippen LogP contribution >= 0.6 is 11.3 Å². The third-order valence-corrected chi connectivity index (χ3v) is 10.6. The number of amides is 2. The first-order chi connectivity index (χ1) is 21.5. The minimum Gasteiger partial charge on any atom is -0.490 e. The molecule has 45 heavy (non-hydrogen) atoms. The molecule has 11 nitrogen and oxygen atoms in total. The molecule has 3 heterocycles.